The van der Waals surface area contributed by atoms with Crippen molar-refractivity contribution in [2.24, 2.45) is 9.98 Å². The first-order chi connectivity index (χ1) is 6.74. The van der Waals surface area contributed by atoms with Crippen LogP contribution in [0, 0.1) is 10.8 Å². The van der Waals surface area contributed by atoms with E-state index in [4.69, 9.17) is 20.4 Å². The lowest BCUT2D eigenvalue weighted by Gasteiger charge is -1.74. The molecule has 0 radical (unpaired) electrons. The van der Waals surface area contributed by atoms with Crippen LogP contribution in [0.25, 0.3) is 0 Å². The quantitative estimate of drug-likeness (QED) is 0.356. The number of carbonyl (C=O) groups excluding carboxylic acids is 4. The van der Waals surface area contributed by atoms with E-state index in [2.05, 4.69) is 9.98 Å². The van der Waals surface area contributed by atoms with Gasteiger partial charge in [-0.05, 0) is 0 Å². The number of hydrogen-bond acceptors (Lipinski definition) is 8. The molecule has 74 valence electrons. The summed E-state index contributed by atoms with van der Waals surface area (Å²) in [5, 5.41) is 10.8. The standard InChI is InChI=1S/C4H4N2O2.2CHNO/c7-3-5-1-2-6-4-8;2*2-1-3/h1-2H2;2*2H. The highest BCUT2D eigenvalue weighted by atomic mass is 16.1. The van der Waals surface area contributed by atoms with Crippen LogP contribution >= 0.6 is 0 Å². The molecule has 0 aromatic heterocycles. The Morgan fingerprint density at radius 1 is 0.786 bits per heavy atom. The zero-order chi connectivity index (χ0) is 11.7. The van der Waals surface area contributed by atoms with E-state index in [1.165, 1.54) is 12.2 Å². The van der Waals surface area contributed by atoms with Gasteiger partial charge in [-0.2, -0.15) is 0 Å². The molecule has 8 heteroatoms. The largest absolute Gasteiger partial charge is 0.235 e. The van der Waals surface area contributed by atoms with Gasteiger partial charge in [0.15, 0.2) is 0 Å². The molecule has 0 atom stereocenters. The van der Waals surface area contributed by atoms with Gasteiger partial charge in [0.05, 0.1) is 13.1 Å². The molecule has 14 heavy (non-hydrogen) atoms. The van der Waals surface area contributed by atoms with E-state index < -0.39 is 0 Å². The van der Waals surface area contributed by atoms with Crippen molar-refractivity contribution < 1.29 is 19.2 Å². The van der Waals surface area contributed by atoms with E-state index in [0.29, 0.717) is 0 Å². The summed E-state index contributed by atoms with van der Waals surface area (Å²) in [5.41, 5.74) is 0. The van der Waals surface area contributed by atoms with Crippen LogP contribution in [0.2, 0.25) is 0 Å². The summed E-state index contributed by atoms with van der Waals surface area (Å²) in [7, 11) is 0. The molecule has 0 saturated carbocycles. The fourth-order valence-corrected chi connectivity index (χ4v) is 0.191. The van der Waals surface area contributed by atoms with Crippen molar-refractivity contribution in [2.45, 2.75) is 0 Å². The van der Waals surface area contributed by atoms with Gasteiger partial charge in [0, 0.05) is 0 Å². The molecule has 0 aliphatic heterocycles. The topological polar surface area (TPSA) is 141 Å². The lowest BCUT2D eigenvalue weighted by molar-refractivity contribution is 0.560. The molecule has 0 fully saturated rings. The van der Waals surface area contributed by atoms with Crippen LogP contribution < -0.4 is 0 Å². The van der Waals surface area contributed by atoms with Gasteiger partial charge in [-0.3, -0.25) is 0 Å². The third kappa shape index (κ3) is 109. The van der Waals surface area contributed by atoms with Crippen molar-refractivity contribution in [3.05, 3.63) is 0 Å². The smallest absolute Gasteiger partial charge is 0.222 e. The third-order valence-corrected chi connectivity index (χ3v) is 0.453. The minimum Gasteiger partial charge on any atom is -0.222 e. The zero-order valence-corrected chi connectivity index (χ0v) is 6.94. The number of hydrogen-bond donors (Lipinski definition) is 2. The maximum Gasteiger partial charge on any atom is 0.235 e. The number of nitrogens with zero attached hydrogens (tertiary/aromatic N) is 2. The number of aliphatic imine (C=N–C) groups is 2. The predicted octanol–water partition coefficient (Wildman–Crippen LogP) is -0.540. The fourth-order valence-electron chi connectivity index (χ4n) is 0.191. The molecule has 0 heterocycles. The lowest BCUT2D eigenvalue weighted by Crippen LogP contribution is -1.82. The van der Waals surface area contributed by atoms with E-state index in [9.17, 15) is 9.59 Å². The normalized spacial score (nSPS) is 4.86. The van der Waals surface area contributed by atoms with Crippen molar-refractivity contribution in [2.75, 3.05) is 13.1 Å². The van der Waals surface area contributed by atoms with Crippen LogP contribution in [0.1, 0.15) is 0 Å². The van der Waals surface area contributed by atoms with Crippen molar-refractivity contribution in [1.29, 1.82) is 10.8 Å². The Morgan fingerprint density at radius 2 is 1.00 bits per heavy atom. The van der Waals surface area contributed by atoms with Gasteiger partial charge in [-0.1, -0.05) is 0 Å². The molecule has 8 nitrogen and oxygen atoms in total. The molecule has 0 aromatic rings. The first-order valence-corrected chi connectivity index (χ1v) is 2.90. The van der Waals surface area contributed by atoms with Crippen molar-refractivity contribution in [3.63, 3.8) is 0 Å². The first kappa shape index (κ1) is 17.6. The highest BCUT2D eigenvalue weighted by Gasteiger charge is 1.73. The van der Waals surface area contributed by atoms with Gasteiger partial charge in [0.25, 0.3) is 0 Å². The van der Waals surface area contributed by atoms with Gasteiger partial charge in [-0.25, -0.2) is 40.0 Å². The van der Waals surface area contributed by atoms with Gasteiger partial charge >= 0.3 is 0 Å². The molecule has 0 aliphatic carbocycles. The summed E-state index contributed by atoms with van der Waals surface area (Å²) < 4.78 is 0. The SMILES string of the molecule is N=C=O.N=C=O.O=C=NCCN=C=O. The van der Waals surface area contributed by atoms with Crippen LogP contribution in [-0.2, 0) is 19.2 Å². The minimum atomic E-state index is 0.221. The second-order valence-electron chi connectivity index (χ2n) is 1.15. The van der Waals surface area contributed by atoms with Gasteiger partial charge < -0.3 is 0 Å². The summed E-state index contributed by atoms with van der Waals surface area (Å²) in [5.74, 6) is 0. The Labute approximate surface area is 78.4 Å². The Hall–Kier alpha value is -2.48. The summed E-state index contributed by atoms with van der Waals surface area (Å²) >= 11 is 0. The van der Waals surface area contributed by atoms with Crippen LogP contribution in [0.3, 0.4) is 0 Å². The second-order valence-corrected chi connectivity index (χ2v) is 1.15. The fraction of sp³-hybridized carbons (Fsp3) is 0.333. The average molecular weight is 198 g/mol. The number of nitrogens with one attached hydrogen (secondary N) is 2. The summed E-state index contributed by atoms with van der Waals surface area (Å²) in [4.78, 5) is 41.6. The van der Waals surface area contributed by atoms with Crippen molar-refractivity contribution in [1.82, 2.24) is 0 Å². The Morgan fingerprint density at radius 3 is 1.14 bits per heavy atom. The monoisotopic (exact) mass is 198 g/mol. The Kier molecular flexibility index (Phi) is 39.3. The Balaban J connectivity index is -0.000000168. The van der Waals surface area contributed by atoms with Crippen LogP contribution in [0.4, 0.5) is 0 Å². The first-order valence-electron chi connectivity index (χ1n) is 2.90. The minimum absolute atomic E-state index is 0.221. The Bertz CT molecular complexity index is 246. The van der Waals surface area contributed by atoms with E-state index in [-0.39, 0.29) is 13.1 Å². The molecule has 0 spiro atoms. The molecule has 0 rings (SSSR count). The molecule has 0 saturated heterocycles. The maximum absolute atomic E-state index is 9.34. The van der Waals surface area contributed by atoms with Crippen molar-refractivity contribution in [3.8, 4) is 0 Å². The number of isocyanates is 4. The van der Waals surface area contributed by atoms with Gasteiger partial charge in [-0.15, -0.1) is 0 Å². The van der Waals surface area contributed by atoms with Crippen LogP contribution in [0.15, 0.2) is 9.98 Å². The summed E-state index contributed by atoms with van der Waals surface area (Å²) in [6, 6.07) is 0. The van der Waals surface area contributed by atoms with E-state index in [1.807, 2.05) is 0 Å². The summed E-state index contributed by atoms with van der Waals surface area (Å²) in [6.07, 6.45) is 4.12. The highest BCUT2D eigenvalue weighted by molar-refractivity contribution is 5.34. The van der Waals surface area contributed by atoms with E-state index in [1.54, 1.807) is 0 Å². The number of rotatable bonds is 3. The molecular weight excluding hydrogens is 192 g/mol. The lowest BCUT2D eigenvalue weighted by atomic mass is 10.7. The van der Waals surface area contributed by atoms with Crippen LogP contribution in [0.5, 0.6) is 0 Å². The highest BCUT2D eigenvalue weighted by Crippen LogP contribution is 1.66. The van der Waals surface area contributed by atoms with E-state index in [0.717, 1.165) is 12.2 Å². The molecule has 2 N–H and O–H groups in total. The van der Waals surface area contributed by atoms with Gasteiger partial charge in [0.1, 0.15) is 0 Å². The second kappa shape index (κ2) is 31.3. The van der Waals surface area contributed by atoms with Crippen LogP contribution in [-0.4, -0.2) is 37.4 Å². The van der Waals surface area contributed by atoms with E-state index >= 15 is 0 Å². The maximum atomic E-state index is 9.34. The zero-order valence-electron chi connectivity index (χ0n) is 6.94. The molecule has 0 aromatic carbocycles. The third-order valence-electron chi connectivity index (χ3n) is 0.453. The molecule has 0 bridgehead atoms. The summed E-state index contributed by atoms with van der Waals surface area (Å²) in [6.45, 7) is 0.442. The predicted molar refractivity (Wildman–Crippen MR) is 42.8 cm³/mol. The average Bonchev–Trinajstić information content (AvgIpc) is 2.15. The molecular formula is C6H6N4O4. The molecule has 0 aliphatic rings. The van der Waals surface area contributed by atoms with Gasteiger partial charge in [0.2, 0.25) is 24.3 Å². The van der Waals surface area contributed by atoms with Crippen molar-refractivity contribution >= 4 is 24.3 Å². The molecule has 0 amide bonds. The molecule has 0 unspecified atom stereocenters.